The Bertz CT molecular complexity index is 506. The van der Waals surface area contributed by atoms with Crippen LogP contribution in [0.3, 0.4) is 0 Å². The Balaban J connectivity index is 2.13. The van der Waals surface area contributed by atoms with Crippen molar-refractivity contribution in [1.29, 1.82) is 5.26 Å². The fourth-order valence-electron chi connectivity index (χ4n) is 2.13. The first kappa shape index (κ1) is 12.4. The molecule has 1 aromatic rings. The molecule has 1 fully saturated rings. The predicted octanol–water partition coefficient (Wildman–Crippen LogP) is 1.29. The summed E-state index contributed by atoms with van der Waals surface area (Å²) in [7, 11) is 1.80. The van der Waals surface area contributed by atoms with Gasteiger partial charge in [0, 0.05) is 32.3 Å². The molecule has 1 saturated heterocycles. The van der Waals surface area contributed by atoms with Gasteiger partial charge in [0.1, 0.15) is 11.9 Å². The van der Waals surface area contributed by atoms with Gasteiger partial charge in [0.25, 0.3) is 0 Å². The fourth-order valence-corrected chi connectivity index (χ4v) is 2.13. The molecule has 94 valence electrons. The zero-order chi connectivity index (χ0) is 13.1. The fraction of sp³-hybridized carbons (Fsp3) is 0.462. The Labute approximate surface area is 106 Å². The van der Waals surface area contributed by atoms with Crippen LogP contribution in [0.5, 0.6) is 0 Å². The second-order valence-electron chi connectivity index (χ2n) is 4.62. The lowest BCUT2D eigenvalue weighted by molar-refractivity contribution is -0.132. The lowest BCUT2D eigenvalue weighted by Crippen LogP contribution is -2.43. The minimum atomic E-state index is 0.161. The van der Waals surface area contributed by atoms with E-state index in [-0.39, 0.29) is 11.9 Å². The van der Waals surface area contributed by atoms with Gasteiger partial charge in [-0.25, -0.2) is 4.98 Å². The van der Waals surface area contributed by atoms with Crippen LogP contribution in [0.4, 0.5) is 5.82 Å². The summed E-state index contributed by atoms with van der Waals surface area (Å²) < 4.78 is 0. The Hall–Kier alpha value is -2.09. The number of hydrogen-bond acceptors (Lipinski definition) is 4. The van der Waals surface area contributed by atoms with E-state index in [1.807, 2.05) is 13.0 Å². The maximum Gasteiger partial charge on any atom is 0.222 e. The molecule has 1 aromatic heterocycles. The number of likely N-dealkylation sites (N-methyl/N-ethyl adjacent to an activating group) is 1. The summed E-state index contributed by atoms with van der Waals surface area (Å²) in [4.78, 5) is 17.3. The maximum atomic E-state index is 11.4. The Kier molecular flexibility index (Phi) is 3.47. The van der Waals surface area contributed by atoms with Gasteiger partial charge in [-0.3, -0.25) is 4.79 Å². The van der Waals surface area contributed by atoms with Gasteiger partial charge in [-0.2, -0.15) is 5.26 Å². The van der Waals surface area contributed by atoms with Crippen LogP contribution in [0.1, 0.15) is 24.0 Å². The molecule has 5 heteroatoms. The van der Waals surface area contributed by atoms with E-state index in [1.165, 1.54) is 0 Å². The number of nitrogens with zero attached hydrogens (tertiary/aromatic N) is 3. The molecule has 5 nitrogen and oxygen atoms in total. The monoisotopic (exact) mass is 244 g/mol. The third kappa shape index (κ3) is 2.43. The highest BCUT2D eigenvalue weighted by atomic mass is 16.2. The first-order valence-electron chi connectivity index (χ1n) is 5.98. The van der Waals surface area contributed by atoms with Crippen molar-refractivity contribution >= 4 is 11.7 Å². The highest BCUT2D eigenvalue weighted by Gasteiger charge is 2.23. The number of nitriles is 1. The number of pyridine rings is 1. The molecule has 0 spiro atoms. The van der Waals surface area contributed by atoms with Crippen LogP contribution in [0.25, 0.3) is 0 Å². The van der Waals surface area contributed by atoms with Crippen LogP contribution in [0, 0.1) is 18.3 Å². The molecule has 0 bridgehead atoms. The van der Waals surface area contributed by atoms with Crippen LogP contribution >= 0.6 is 0 Å². The summed E-state index contributed by atoms with van der Waals surface area (Å²) in [6.45, 7) is 2.54. The summed E-state index contributed by atoms with van der Waals surface area (Å²) in [5.74, 6) is 0.788. The van der Waals surface area contributed by atoms with E-state index in [0.717, 1.165) is 12.0 Å². The lowest BCUT2D eigenvalue weighted by Gasteiger charge is -2.30. The molecule has 1 atom stereocenters. The zero-order valence-electron chi connectivity index (χ0n) is 10.6. The number of piperidine rings is 1. The summed E-state index contributed by atoms with van der Waals surface area (Å²) in [5.41, 5.74) is 1.49. The van der Waals surface area contributed by atoms with Crippen LogP contribution in [0.15, 0.2) is 12.3 Å². The second kappa shape index (κ2) is 5.05. The van der Waals surface area contributed by atoms with Gasteiger partial charge in [0.15, 0.2) is 0 Å². The average Bonchev–Trinajstić information content (AvgIpc) is 2.34. The number of aryl methyl sites for hydroxylation is 1. The zero-order valence-corrected chi connectivity index (χ0v) is 10.6. The van der Waals surface area contributed by atoms with Gasteiger partial charge in [-0.05, 0) is 25.0 Å². The third-order valence-electron chi connectivity index (χ3n) is 3.24. The molecule has 0 radical (unpaired) electrons. The van der Waals surface area contributed by atoms with Crippen molar-refractivity contribution in [2.24, 2.45) is 0 Å². The number of carbonyl (C=O) groups excluding carboxylic acids is 1. The van der Waals surface area contributed by atoms with Gasteiger partial charge in [0.2, 0.25) is 5.91 Å². The molecule has 0 saturated carbocycles. The molecule has 1 unspecified atom stereocenters. The maximum absolute atomic E-state index is 11.4. The number of likely N-dealkylation sites (tertiary alicyclic amines) is 1. The van der Waals surface area contributed by atoms with Gasteiger partial charge in [0.05, 0.1) is 5.56 Å². The number of amides is 1. The van der Waals surface area contributed by atoms with E-state index in [9.17, 15) is 4.79 Å². The predicted molar refractivity (Wildman–Crippen MR) is 68.0 cm³/mol. The van der Waals surface area contributed by atoms with E-state index < -0.39 is 0 Å². The SMILES string of the molecule is Cc1ccnc(NC2CCC(=O)N(C)C2)c1C#N. The number of nitrogens with one attached hydrogen (secondary N) is 1. The standard InChI is InChI=1S/C13H16N4O/c1-9-5-6-15-13(11(9)7-14)16-10-3-4-12(18)17(2)8-10/h5-6,10H,3-4,8H2,1-2H3,(H,15,16). The van der Waals surface area contributed by atoms with E-state index in [2.05, 4.69) is 16.4 Å². The van der Waals surface area contributed by atoms with Gasteiger partial charge in [-0.15, -0.1) is 0 Å². The Morgan fingerprint density at radius 3 is 3.06 bits per heavy atom. The van der Waals surface area contributed by atoms with Gasteiger partial charge >= 0.3 is 0 Å². The molecular weight excluding hydrogens is 228 g/mol. The molecular formula is C13H16N4O. The van der Waals surface area contributed by atoms with E-state index in [0.29, 0.717) is 24.3 Å². The van der Waals surface area contributed by atoms with Crippen molar-refractivity contribution in [3.8, 4) is 6.07 Å². The van der Waals surface area contributed by atoms with E-state index in [1.54, 1.807) is 18.1 Å². The number of anilines is 1. The largest absolute Gasteiger partial charge is 0.364 e. The first-order chi connectivity index (χ1) is 8.61. The van der Waals surface area contributed by atoms with Crippen molar-refractivity contribution in [3.05, 3.63) is 23.4 Å². The quantitative estimate of drug-likeness (QED) is 0.851. The number of carbonyl (C=O) groups is 1. The van der Waals surface area contributed by atoms with Gasteiger partial charge < -0.3 is 10.2 Å². The normalized spacial score (nSPS) is 19.5. The average molecular weight is 244 g/mol. The number of hydrogen-bond donors (Lipinski definition) is 1. The summed E-state index contributed by atoms with van der Waals surface area (Å²) >= 11 is 0. The van der Waals surface area contributed by atoms with Crippen LogP contribution < -0.4 is 5.32 Å². The van der Waals surface area contributed by atoms with Crippen molar-refractivity contribution in [3.63, 3.8) is 0 Å². The molecule has 0 aliphatic carbocycles. The van der Waals surface area contributed by atoms with Crippen molar-refractivity contribution in [1.82, 2.24) is 9.88 Å². The highest BCUT2D eigenvalue weighted by Crippen LogP contribution is 2.19. The molecule has 0 aromatic carbocycles. The van der Waals surface area contributed by atoms with E-state index >= 15 is 0 Å². The summed E-state index contributed by atoms with van der Waals surface area (Å²) in [6, 6.07) is 4.15. The van der Waals surface area contributed by atoms with Crippen LogP contribution in [0.2, 0.25) is 0 Å². The minimum Gasteiger partial charge on any atom is -0.364 e. The topological polar surface area (TPSA) is 69.0 Å². The Morgan fingerprint density at radius 1 is 1.61 bits per heavy atom. The lowest BCUT2D eigenvalue weighted by atomic mass is 10.0. The second-order valence-corrected chi connectivity index (χ2v) is 4.62. The minimum absolute atomic E-state index is 0.161. The first-order valence-corrected chi connectivity index (χ1v) is 5.98. The number of rotatable bonds is 2. The Morgan fingerprint density at radius 2 is 2.39 bits per heavy atom. The van der Waals surface area contributed by atoms with E-state index in [4.69, 9.17) is 5.26 Å². The molecule has 1 aliphatic heterocycles. The smallest absolute Gasteiger partial charge is 0.222 e. The van der Waals surface area contributed by atoms with Crippen LogP contribution in [-0.4, -0.2) is 35.4 Å². The third-order valence-corrected chi connectivity index (χ3v) is 3.24. The summed E-state index contributed by atoms with van der Waals surface area (Å²) in [6.07, 6.45) is 3.02. The summed E-state index contributed by atoms with van der Waals surface area (Å²) in [5, 5.41) is 12.4. The molecule has 1 N–H and O–H groups in total. The number of aromatic nitrogens is 1. The van der Waals surface area contributed by atoms with Crippen molar-refractivity contribution in [2.75, 3.05) is 18.9 Å². The molecule has 1 amide bonds. The molecule has 18 heavy (non-hydrogen) atoms. The van der Waals surface area contributed by atoms with Crippen LogP contribution in [-0.2, 0) is 4.79 Å². The highest BCUT2D eigenvalue weighted by molar-refractivity contribution is 5.77. The molecule has 2 heterocycles. The van der Waals surface area contributed by atoms with Gasteiger partial charge in [-0.1, -0.05) is 0 Å². The molecule has 2 rings (SSSR count). The van der Waals surface area contributed by atoms with Crippen molar-refractivity contribution < 1.29 is 4.79 Å². The van der Waals surface area contributed by atoms with Crippen molar-refractivity contribution in [2.45, 2.75) is 25.8 Å². The molecule has 1 aliphatic rings.